The number of carbonyl (C=O) groups excluding carboxylic acids is 1. The molecule has 0 atom stereocenters. The monoisotopic (exact) mass is 329 g/mol. The first-order valence-corrected chi connectivity index (χ1v) is 6.96. The Balaban J connectivity index is 1.84. The van der Waals surface area contributed by atoms with Crippen LogP contribution in [0.2, 0.25) is 0 Å². The summed E-state index contributed by atoms with van der Waals surface area (Å²) in [6.45, 7) is 1.63. The number of nitrogens with zero attached hydrogens (tertiary/aromatic N) is 1. The molecule has 122 valence electrons. The Hall–Kier alpha value is -3.42. The third-order valence-electron chi connectivity index (χ3n) is 3.52. The van der Waals surface area contributed by atoms with E-state index in [1.54, 1.807) is 13.0 Å². The maximum absolute atomic E-state index is 13.3. The quantitative estimate of drug-likeness (QED) is 0.563. The van der Waals surface area contributed by atoms with Crippen LogP contribution in [-0.4, -0.2) is 10.8 Å². The lowest BCUT2D eigenvalue weighted by molar-refractivity contribution is -0.384. The van der Waals surface area contributed by atoms with E-state index in [2.05, 4.69) is 10.9 Å². The van der Waals surface area contributed by atoms with Gasteiger partial charge in [0.05, 0.1) is 4.92 Å². The van der Waals surface area contributed by atoms with Crippen molar-refractivity contribution in [1.82, 2.24) is 5.43 Å². The van der Waals surface area contributed by atoms with Crippen molar-refractivity contribution >= 4 is 28.3 Å². The molecule has 0 aliphatic carbocycles. The van der Waals surface area contributed by atoms with Crippen molar-refractivity contribution in [2.75, 3.05) is 5.43 Å². The zero-order valence-electron chi connectivity index (χ0n) is 12.5. The molecule has 3 rings (SSSR count). The summed E-state index contributed by atoms with van der Waals surface area (Å²) in [5, 5.41) is 11.4. The average Bonchev–Trinajstić information content (AvgIpc) is 2.89. The molecule has 8 heteroatoms. The molecule has 0 saturated heterocycles. The maximum atomic E-state index is 13.3. The second-order valence-electron chi connectivity index (χ2n) is 5.05. The first kappa shape index (κ1) is 15.5. The Bertz CT molecular complexity index is 952. The van der Waals surface area contributed by atoms with Gasteiger partial charge in [0.1, 0.15) is 17.1 Å². The van der Waals surface area contributed by atoms with E-state index in [9.17, 15) is 19.3 Å². The van der Waals surface area contributed by atoms with Gasteiger partial charge in [0.25, 0.3) is 5.69 Å². The summed E-state index contributed by atoms with van der Waals surface area (Å²) in [6.07, 6.45) is 0. The Morgan fingerprint density at radius 1 is 1.25 bits per heavy atom. The second-order valence-corrected chi connectivity index (χ2v) is 5.05. The number of benzene rings is 2. The Kier molecular flexibility index (Phi) is 3.87. The maximum Gasteiger partial charge on any atom is 0.305 e. The number of rotatable bonds is 4. The first-order chi connectivity index (χ1) is 11.5. The second kappa shape index (κ2) is 5.99. The SMILES string of the molecule is Cc1c(C(=O)NNc2ccccc2[N+](=O)[O-])oc2ccc(F)cc12. The zero-order valence-corrected chi connectivity index (χ0v) is 12.5. The number of para-hydroxylation sites is 2. The topological polar surface area (TPSA) is 97.4 Å². The summed E-state index contributed by atoms with van der Waals surface area (Å²) >= 11 is 0. The standard InChI is InChI=1S/C16H12FN3O4/c1-9-11-8-10(17)6-7-14(11)24-15(9)16(21)19-18-12-4-2-3-5-13(12)20(22)23/h2-8,18H,1H3,(H,19,21). The minimum atomic E-state index is -0.623. The van der Waals surface area contributed by atoms with E-state index >= 15 is 0 Å². The highest BCUT2D eigenvalue weighted by atomic mass is 19.1. The van der Waals surface area contributed by atoms with Gasteiger partial charge in [-0.2, -0.15) is 0 Å². The number of aryl methyl sites for hydroxylation is 1. The van der Waals surface area contributed by atoms with Crippen molar-refractivity contribution in [1.29, 1.82) is 0 Å². The van der Waals surface area contributed by atoms with Crippen LogP contribution in [0.3, 0.4) is 0 Å². The average molecular weight is 329 g/mol. The highest BCUT2D eigenvalue weighted by Gasteiger charge is 2.19. The largest absolute Gasteiger partial charge is 0.451 e. The van der Waals surface area contributed by atoms with E-state index < -0.39 is 16.6 Å². The molecule has 0 spiro atoms. The minimum Gasteiger partial charge on any atom is -0.451 e. The number of nitrogens with one attached hydrogen (secondary N) is 2. The van der Waals surface area contributed by atoms with Crippen LogP contribution in [-0.2, 0) is 0 Å². The van der Waals surface area contributed by atoms with Gasteiger partial charge in [0.15, 0.2) is 5.76 Å². The summed E-state index contributed by atoms with van der Waals surface area (Å²) in [4.78, 5) is 22.6. The molecule has 3 aromatic rings. The van der Waals surface area contributed by atoms with E-state index in [1.165, 1.54) is 36.4 Å². The fourth-order valence-electron chi connectivity index (χ4n) is 2.33. The molecule has 0 aliphatic rings. The van der Waals surface area contributed by atoms with E-state index in [-0.39, 0.29) is 17.1 Å². The number of carbonyl (C=O) groups is 1. The molecular weight excluding hydrogens is 317 g/mol. The number of halogens is 1. The molecule has 2 aromatic carbocycles. The lowest BCUT2D eigenvalue weighted by Crippen LogP contribution is -2.29. The highest BCUT2D eigenvalue weighted by Crippen LogP contribution is 2.26. The Morgan fingerprint density at radius 2 is 2.00 bits per heavy atom. The predicted octanol–water partition coefficient (Wildman–Crippen LogP) is 3.55. The molecule has 1 aromatic heterocycles. The molecule has 0 saturated carbocycles. The third kappa shape index (κ3) is 2.76. The number of hydrazine groups is 1. The van der Waals surface area contributed by atoms with Crippen LogP contribution in [0, 0.1) is 22.9 Å². The van der Waals surface area contributed by atoms with Gasteiger partial charge in [-0.3, -0.25) is 25.8 Å². The van der Waals surface area contributed by atoms with Crippen molar-refractivity contribution < 1.29 is 18.5 Å². The van der Waals surface area contributed by atoms with Crippen LogP contribution in [0.5, 0.6) is 0 Å². The molecule has 0 radical (unpaired) electrons. The van der Waals surface area contributed by atoms with Crippen LogP contribution >= 0.6 is 0 Å². The van der Waals surface area contributed by atoms with Crippen molar-refractivity contribution in [3.63, 3.8) is 0 Å². The van der Waals surface area contributed by atoms with Gasteiger partial charge < -0.3 is 4.42 Å². The van der Waals surface area contributed by atoms with Crippen molar-refractivity contribution in [2.45, 2.75) is 6.92 Å². The number of hydrogen-bond donors (Lipinski definition) is 2. The van der Waals surface area contributed by atoms with Gasteiger partial charge in [-0.05, 0) is 31.2 Å². The fourth-order valence-corrected chi connectivity index (χ4v) is 2.33. The Labute approximate surface area is 135 Å². The summed E-state index contributed by atoms with van der Waals surface area (Å²) in [5.41, 5.74) is 5.66. The predicted molar refractivity (Wildman–Crippen MR) is 85.1 cm³/mol. The van der Waals surface area contributed by atoms with Crippen LogP contribution in [0.15, 0.2) is 46.9 Å². The molecule has 1 heterocycles. The minimum absolute atomic E-state index is 0.00156. The number of anilines is 1. The van der Waals surface area contributed by atoms with Gasteiger partial charge in [-0.15, -0.1) is 0 Å². The lowest BCUT2D eigenvalue weighted by atomic mass is 10.1. The number of hydrogen-bond acceptors (Lipinski definition) is 5. The van der Waals surface area contributed by atoms with E-state index in [0.717, 1.165) is 0 Å². The van der Waals surface area contributed by atoms with Crippen LogP contribution in [0.4, 0.5) is 15.8 Å². The van der Waals surface area contributed by atoms with Crippen molar-refractivity contribution in [3.8, 4) is 0 Å². The summed E-state index contributed by atoms with van der Waals surface area (Å²) in [7, 11) is 0. The summed E-state index contributed by atoms with van der Waals surface area (Å²) in [6, 6.07) is 9.83. The van der Waals surface area contributed by atoms with E-state index in [1.807, 2.05) is 0 Å². The van der Waals surface area contributed by atoms with Gasteiger partial charge in [-0.1, -0.05) is 12.1 Å². The summed E-state index contributed by atoms with van der Waals surface area (Å²) in [5.74, 6) is -1.06. The van der Waals surface area contributed by atoms with Gasteiger partial charge in [0, 0.05) is 17.0 Å². The fraction of sp³-hybridized carbons (Fsp3) is 0.0625. The van der Waals surface area contributed by atoms with Crippen molar-refractivity contribution in [2.24, 2.45) is 0 Å². The molecule has 0 bridgehead atoms. The number of furan rings is 1. The molecular formula is C16H12FN3O4. The third-order valence-corrected chi connectivity index (χ3v) is 3.52. The van der Waals surface area contributed by atoms with Gasteiger partial charge >= 0.3 is 5.91 Å². The normalized spacial score (nSPS) is 10.6. The number of fused-ring (bicyclic) bond motifs is 1. The number of amides is 1. The van der Waals surface area contributed by atoms with E-state index in [4.69, 9.17) is 4.42 Å². The molecule has 2 N–H and O–H groups in total. The molecule has 0 fully saturated rings. The number of nitro groups is 1. The van der Waals surface area contributed by atoms with Crippen molar-refractivity contribution in [3.05, 3.63) is 69.7 Å². The molecule has 24 heavy (non-hydrogen) atoms. The Morgan fingerprint density at radius 3 is 2.75 bits per heavy atom. The molecule has 7 nitrogen and oxygen atoms in total. The van der Waals surface area contributed by atoms with Gasteiger partial charge in [-0.25, -0.2) is 4.39 Å². The smallest absolute Gasteiger partial charge is 0.305 e. The van der Waals surface area contributed by atoms with Crippen LogP contribution in [0.25, 0.3) is 11.0 Å². The molecule has 1 amide bonds. The molecule has 0 aliphatic heterocycles. The van der Waals surface area contributed by atoms with E-state index in [0.29, 0.717) is 16.5 Å². The summed E-state index contributed by atoms with van der Waals surface area (Å²) < 4.78 is 18.7. The first-order valence-electron chi connectivity index (χ1n) is 6.96. The van der Waals surface area contributed by atoms with Crippen LogP contribution < -0.4 is 10.9 Å². The number of nitro benzene ring substituents is 1. The van der Waals surface area contributed by atoms with Crippen LogP contribution in [0.1, 0.15) is 16.1 Å². The lowest BCUT2D eigenvalue weighted by Gasteiger charge is -2.07. The molecule has 0 unspecified atom stereocenters. The highest BCUT2D eigenvalue weighted by molar-refractivity contribution is 5.99. The van der Waals surface area contributed by atoms with Gasteiger partial charge in [0.2, 0.25) is 0 Å². The zero-order chi connectivity index (χ0) is 17.3.